The number of nitrogens with zero attached hydrogens (tertiary/aromatic N) is 4. The summed E-state index contributed by atoms with van der Waals surface area (Å²) in [6.45, 7) is 6.27. The highest BCUT2D eigenvalue weighted by atomic mass is 32.2. The number of aliphatic hydroxyl groups excluding tert-OH is 1. The number of methoxy groups -OCH3 is 1. The summed E-state index contributed by atoms with van der Waals surface area (Å²) in [6.07, 6.45) is 4.28. The van der Waals surface area contributed by atoms with Crippen LogP contribution < -0.4 is 14.4 Å². The number of anilines is 1. The fraction of sp³-hybridized carbons (Fsp3) is 0.306. The summed E-state index contributed by atoms with van der Waals surface area (Å²) in [5, 5.41) is 23.4. The van der Waals surface area contributed by atoms with E-state index in [1.807, 2.05) is 25.1 Å². The number of carbonyl (C=O) groups excluding carboxylic acids is 2. The number of hydrogen-bond acceptors (Lipinski definition) is 11. The second-order valence-electron chi connectivity index (χ2n) is 11.4. The van der Waals surface area contributed by atoms with Gasteiger partial charge in [0.05, 0.1) is 40.9 Å². The fourth-order valence-corrected chi connectivity index (χ4v) is 8.56. The van der Waals surface area contributed by atoms with E-state index in [0.29, 0.717) is 49.3 Å². The number of hydrogen-bond donors (Lipinski definition) is 1. The molecule has 0 spiro atoms. The number of aryl methyl sites for hydroxylation is 2. The smallest absolute Gasteiger partial charge is 0.296 e. The molecule has 1 N–H and O–H groups in total. The van der Waals surface area contributed by atoms with Crippen LogP contribution in [0.3, 0.4) is 0 Å². The summed E-state index contributed by atoms with van der Waals surface area (Å²) in [5.74, 6) is -0.123. The second-order valence-corrected chi connectivity index (χ2v) is 14.8. The number of Topliss-reactive ketones (excluding diaryl/α,β-unsaturated/α-hetero) is 1. The second kappa shape index (κ2) is 14.9. The number of aliphatic hydroxyl groups is 1. The molecule has 1 amide bonds. The zero-order valence-electron chi connectivity index (χ0n) is 27.2. The summed E-state index contributed by atoms with van der Waals surface area (Å²) < 4.78 is 12.4. The number of carbonyl (C=O) groups is 2. The fourth-order valence-electron chi connectivity index (χ4n) is 5.81. The lowest BCUT2D eigenvalue weighted by Gasteiger charge is -2.25. The molecule has 2 aromatic heterocycles. The van der Waals surface area contributed by atoms with Crippen LogP contribution in [0.1, 0.15) is 70.1 Å². The number of ether oxygens (including phenoxy) is 2. The van der Waals surface area contributed by atoms with E-state index in [1.165, 1.54) is 44.7 Å². The Morgan fingerprint density at radius 3 is 2.58 bits per heavy atom. The zero-order valence-corrected chi connectivity index (χ0v) is 29.6. The minimum atomic E-state index is -0.983. The Kier molecular flexibility index (Phi) is 10.4. The molecule has 1 aliphatic rings. The van der Waals surface area contributed by atoms with Gasteiger partial charge in [-0.25, -0.2) is 4.98 Å². The van der Waals surface area contributed by atoms with Gasteiger partial charge in [0.1, 0.15) is 0 Å². The summed E-state index contributed by atoms with van der Waals surface area (Å²) in [6, 6.07) is 18.8. The minimum Gasteiger partial charge on any atom is -0.503 e. The number of thioether (sulfide) groups is 1. The van der Waals surface area contributed by atoms with E-state index >= 15 is 0 Å². The summed E-state index contributed by atoms with van der Waals surface area (Å²) >= 11 is 3.99. The Balaban J connectivity index is 1.33. The third-order valence-corrected chi connectivity index (χ3v) is 11.3. The van der Waals surface area contributed by atoms with Crippen LogP contribution in [0.15, 0.2) is 76.3 Å². The molecule has 12 heteroatoms. The molecule has 6 rings (SSSR count). The number of benzene rings is 3. The molecule has 48 heavy (non-hydrogen) atoms. The van der Waals surface area contributed by atoms with Gasteiger partial charge in [-0.05, 0) is 54.3 Å². The molecular formula is C36H36N4O5S3. The number of fused-ring (bicyclic) bond motifs is 1. The van der Waals surface area contributed by atoms with Crippen LogP contribution in [-0.4, -0.2) is 45.7 Å². The summed E-state index contributed by atoms with van der Waals surface area (Å²) in [5.41, 5.74) is 2.22. The lowest BCUT2D eigenvalue weighted by atomic mass is 9.95. The summed E-state index contributed by atoms with van der Waals surface area (Å²) in [4.78, 5) is 34.1. The SMILES string of the molecule is CCCCCCOc1ccc(C2C(C(=O)c3sc(C)nc3C)=C(O)C(=O)N2c2nnc(SCc3cccc4ccccc34)s2)cc1OC. The first kappa shape index (κ1) is 33.6. The molecule has 0 radical (unpaired) electrons. The van der Waals surface area contributed by atoms with Crippen molar-refractivity contribution in [3.05, 3.63) is 98.7 Å². The van der Waals surface area contributed by atoms with Crippen LogP contribution in [0, 0.1) is 13.8 Å². The molecule has 5 aromatic rings. The number of amides is 1. The quantitative estimate of drug-likeness (QED) is 0.0525. The molecule has 0 bridgehead atoms. The number of rotatable bonds is 14. The molecule has 248 valence electrons. The van der Waals surface area contributed by atoms with Crippen molar-refractivity contribution < 1.29 is 24.2 Å². The highest BCUT2D eigenvalue weighted by Crippen LogP contribution is 2.46. The van der Waals surface area contributed by atoms with Crippen LogP contribution in [0.5, 0.6) is 11.5 Å². The van der Waals surface area contributed by atoms with E-state index in [9.17, 15) is 14.7 Å². The van der Waals surface area contributed by atoms with Crippen molar-refractivity contribution in [3.8, 4) is 11.5 Å². The molecule has 1 unspecified atom stereocenters. The molecule has 9 nitrogen and oxygen atoms in total. The van der Waals surface area contributed by atoms with Crippen molar-refractivity contribution in [1.29, 1.82) is 0 Å². The van der Waals surface area contributed by atoms with Gasteiger partial charge in [-0.3, -0.25) is 14.5 Å². The largest absolute Gasteiger partial charge is 0.503 e. The number of ketones is 1. The normalized spacial score (nSPS) is 14.7. The Morgan fingerprint density at radius 2 is 1.81 bits per heavy atom. The standard InChI is InChI=1S/C36H36N4O5S3/c1-5-6-7-10-18-45-27-17-16-24(19-28(27)44-4)30-29(31(41)33-21(2)37-22(3)47-33)32(42)34(43)40(30)35-38-39-36(48-35)46-20-25-14-11-13-23-12-8-9-15-26(23)25/h8-9,11-17,19,30,42H,5-7,10,18,20H2,1-4H3. The number of thiazole rings is 1. The van der Waals surface area contributed by atoms with E-state index in [1.54, 1.807) is 32.2 Å². The van der Waals surface area contributed by atoms with Crippen LogP contribution in [-0.2, 0) is 10.5 Å². The Morgan fingerprint density at radius 1 is 1.00 bits per heavy atom. The first-order valence-corrected chi connectivity index (χ1v) is 18.4. The predicted octanol–water partition coefficient (Wildman–Crippen LogP) is 8.81. The molecule has 0 saturated heterocycles. The van der Waals surface area contributed by atoms with Crippen molar-refractivity contribution >= 4 is 62.0 Å². The van der Waals surface area contributed by atoms with Gasteiger partial charge in [0.2, 0.25) is 10.9 Å². The summed E-state index contributed by atoms with van der Waals surface area (Å²) in [7, 11) is 1.55. The predicted molar refractivity (Wildman–Crippen MR) is 192 cm³/mol. The number of aromatic nitrogens is 3. The Labute approximate surface area is 291 Å². The molecule has 1 aliphatic heterocycles. The van der Waals surface area contributed by atoms with Crippen molar-refractivity contribution in [2.24, 2.45) is 0 Å². The third kappa shape index (κ3) is 6.83. The van der Waals surface area contributed by atoms with Gasteiger partial charge >= 0.3 is 0 Å². The molecule has 0 saturated carbocycles. The lowest BCUT2D eigenvalue weighted by Crippen LogP contribution is -2.31. The highest BCUT2D eigenvalue weighted by molar-refractivity contribution is 8.00. The molecule has 1 atom stereocenters. The maximum Gasteiger partial charge on any atom is 0.296 e. The van der Waals surface area contributed by atoms with E-state index in [-0.39, 0.29) is 10.7 Å². The van der Waals surface area contributed by atoms with Crippen LogP contribution in [0.2, 0.25) is 0 Å². The van der Waals surface area contributed by atoms with Crippen LogP contribution >= 0.6 is 34.4 Å². The van der Waals surface area contributed by atoms with Gasteiger partial charge in [-0.2, -0.15) is 0 Å². The van der Waals surface area contributed by atoms with E-state index < -0.39 is 23.5 Å². The van der Waals surface area contributed by atoms with Gasteiger partial charge in [0.15, 0.2) is 21.6 Å². The van der Waals surface area contributed by atoms with Crippen molar-refractivity contribution in [2.75, 3.05) is 18.6 Å². The topological polar surface area (TPSA) is 115 Å². The molecule has 0 aliphatic carbocycles. The van der Waals surface area contributed by atoms with E-state index in [4.69, 9.17) is 9.47 Å². The molecule has 3 heterocycles. The van der Waals surface area contributed by atoms with Crippen molar-refractivity contribution in [2.45, 2.75) is 62.6 Å². The average molecular weight is 701 g/mol. The minimum absolute atomic E-state index is 0.0396. The van der Waals surface area contributed by atoms with Gasteiger partial charge in [-0.1, -0.05) is 97.8 Å². The lowest BCUT2D eigenvalue weighted by molar-refractivity contribution is -0.117. The van der Waals surface area contributed by atoms with E-state index in [2.05, 4.69) is 46.4 Å². The first-order chi connectivity index (χ1) is 23.3. The van der Waals surface area contributed by atoms with Crippen molar-refractivity contribution in [1.82, 2.24) is 15.2 Å². The number of unbranched alkanes of at least 4 members (excludes halogenated alkanes) is 3. The Hall–Kier alpha value is -4.26. The third-order valence-electron chi connectivity index (χ3n) is 8.15. The van der Waals surface area contributed by atoms with Gasteiger partial charge in [0, 0.05) is 5.75 Å². The zero-order chi connectivity index (χ0) is 33.8. The molecule has 3 aromatic carbocycles. The highest BCUT2D eigenvalue weighted by Gasteiger charge is 2.47. The molecular weight excluding hydrogens is 665 g/mol. The van der Waals surface area contributed by atoms with E-state index in [0.717, 1.165) is 36.6 Å². The van der Waals surface area contributed by atoms with Crippen molar-refractivity contribution in [3.63, 3.8) is 0 Å². The van der Waals surface area contributed by atoms with Gasteiger partial charge in [-0.15, -0.1) is 21.5 Å². The van der Waals surface area contributed by atoms with Gasteiger partial charge in [0.25, 0.3) is 5.91 Å². The van der Waals surface area contributed by atoms with Crippen LogP contribution in [0.4, 0.5) is 5.13 Å². The molecule has 0 fully saturated rings. The average Bonchev–Trinajstić information content (AvgIpc) is 3.78. The van der Waals surface area contributed by atoms with Crippen LogP contribution in [0.25, 0.3) is 10.8 Å². The maximum absolute atomic E-state index is 14.1. The first-order valence-electron chi connectivity index (χ1n) is 15.8. The monoisotopic (exact) mass is 700 g/mol. The van der Waals surface area contributed by atoms with Gasteiger partial charge < -0.3 is 14.6 Å². The Bertz CT molecular complexity index is 2000. The maximum atomic E-state index is 14.1.